The van der Waals surface area contributed by atoms with E-state index in [1.807, 2.05) is 24.3 Å². The largest absolute Gasteiger partial charge is 0.497 e. The third-order valence-electron chi connectivity index (χ3n) is 7.79. The number of nitrogens with one attached hydrogen (secondary N) is 1. The summed E-state index contributed by atoms with van der Waals surface area (Å²) in [5.41, 5.74) is 5.05. The topological polar surface area (TPSA) is 74.9 Å². The zero-order valence-corrected chi connectivity index (χ0v) is 21.1. The van der Waals surface area contributed by atoms with E-state index in [0.29, 0.717) is 23.7 Å². The number of aromatic nitrogens is 1. The van der Waals surface area contributed by atoms with Crippen molar-refractivity contribution in [3.8, 4) is 11.5 Å². The van der Waals surface area contributed by atoms with E-state index < -0.39 is 6.04 Å². The maximum Gasteiger partial charge on any atom is 0.251 e. The molecule has 7 heteroatoms. The fraction of sp³-hybridized carbons (Fsp3) is 0.267. The van der Waals surface area contributed by atoms with Crippen molar-refractivity contribution in [3.05, 3.63) is 89.6 Å². The summed E-state index contributed by atoms with van der Waals surface area (Å²) in [6, 6.07) is 23.2. The summed E-state index contributed by atoms with van der Waals surface area (Å²) in [5.74, 6) is 0.585. The van der Waals surface area contributed by atoms with E-state index >= 15 is 0 Å². The number of hydrogen-bond acceptors (Lipinski definition) is 5. The number of anilines is 1. The van der Waals surface area contributed by atoms with E-state index in [1.165, 1.54) is 28.5 Å². The lowest BCUT2D eigenvalue weighted by atomic mass is 9.83. The molecule has 188 valence electrons. The molecule has 3 aromatic carbocycles. The predicted molar refractivity (Wildman–Crippen MR) is 142 cm³/mol. The van der Waals surface area contributed by atoms with E-state index in [9.17, 15) is 9.59 Å². The van der Waals surface area contributed by atoms with Gasteiger partial charge in [-0.3, -0.25) is 14.5 Å². The molecular formula is C30H29N3O4. The summed E-state index contributed by atoms with van der Waals surface area (Å²) in [6.07, 6.45) is 0.112. The molecule has 6 rings (SSSR count). The number of rotatable bonds is 5. The number of ether oxygens (including phenoxy) is 2. The monoisotopic (exact) mass is 495 g/mol. The van der Waals surface area contributed by atoms with Gasteiger partial charge in [0.1, 0.15) is 11.5 Å². The van der Waals surface area contributed by atoms with Crippen LogP contribution in [0, 0.1) is 0 Å². The Hall–Kier alpha value is -4.10. The molecule has 0 radical (unpaired) electrons. The van der Waals surface area contributed by atoms with Crippen molar-refractivity contribution in [2.24, 2.45) is 0 Å². The van der Waals surface area contributed by atoms with Gasteiger partial charge < -0.3 is 14.5 Å². The Labute approximate surface area is 215 Å². The summed E-state index contributed by atoms with van der Waals surface area (Å²) < 4.78 is 10.8. The van der Waals surface area contributed by atoms with Gasteiger partial charge in [-0.05, 0) is 36.2 Å². The number of nitrogens with zero attached hydrogens (tertiary/aromatic N) is 2. The number of imide groups is 1. The summed E-state index contributed by atoms with van der Waals surface area (Å²) in [5, 5.41) is 1.20. The minimum atomic E-state index is -0.579. The van der Waals surface area contributed by atoms with Gasteiger partial charge in [0.15, 0.2) is 0 Å². The standard InChI is InChI=1S/C30H29N3O4/c1-18-29-28(21-11-7-8-12-23(21)31-29)22(19-9-5-4-6-10-19)17-32(18)25-16-27(34)33(30(25)35)24-15-20(36-2)13-14-26(24)37-3/h4-15,18,22,25,31H,16-17H2,1-3H3. The third-order valence-corrected chi connectivity index (χ3v) is 7.79. The lowest BCUT2D eigenvalue weighted by Gasteiger charge is -2.41. The number of methoxy groups -OCH3 is 2. The first kappa shape index (κ1) is 23.3. The van der Waals surface area contributed by atoms with Crippen LogP contribution in [0.15, 0.2) is 72.8 Å². The number of fused-ring (bicyclic) bond motifs is 3. The SMILES string of the molecule is COc1ccc(OC)c(N2C(=O)CC(N3CC(c4ccccc4)c4c([nH]c5ccccc45)C3C)C2=O)c1. The van der Waals surface area contributed by atoms with Crippen LogP contribution < -0.4 is 14.4 Å². The molecule has 2 amide bonds. The van der Waals surface area contributed by atoms with Crippen molar-refractivity contribution in [3.63, 3.8) is 0 Å². The number of carbonyl (C=O) groups excluding carboxylic acids is 2. The Morgan fingerprint density at radius 3 is 2.43 bits per heavy atom. The molecule has 1 saturated heterocycles. The maximum absolute atomic E-state index is 13.9. The second-order valence-corrected chi connectivity index (χ2v) is 9.66. The molecule has 0 spiro atoms. The first-order valence-corrected chi connectivity index (χ1v) is 12.5. The Balaban J connectivity index is 1.42. The minimum absolute atomic E-state index is 0.0619. The Bertz CT molecular complexity index is 1500. The lowest BCUT2D eigenvalue weighted by Crippen LogP contribution is -2.47. The van der Waals surface area contributed by atoms with Crippen LogP contribution >= 0.6 is 0 Å². The van der Waals surface area contributed by atoms with E-state index in [2.05, 4.69) is 47.1 Å². The molecule has 4 aromatic rings. The first-order chi connectivity index (χ1) is 18.0. The highest BCUT2D eigenvalue weighted by Crippen LogP contribution is 2.45. The molecule has 1 fully saturated rings. The van der Waals surface area contributed by atoms with Crippen LogP contribution in [0.4, 0.5) is 5.69 Å². The van der Waals surface area contributed by atoms with Crippen molar-refractivity contribution in [2.45, 2.75) is 31.3 Å². The van der Waals surface area contributed by atoms with Gasteiger partial charge in [0.05, 0.1) is 32.4 Å². The van der Waals surface area contributed by atoms with Crippen LogP contribution in [0.3, 0.4) is 0 Å². The molecule has 3 heterocycles. The van der Waals surface area contributed by atoms with Crippen molar-refractivity contribution in [1.82, 2.24) is 9.88 Å². The van der Waals surface area contributed by atoms with Crippen LogP contribution in [-0.4, -0.2) is 48.5 Å². The molecule has 2 aliphatic heterocycles. The van der Waals surface area contributed by atoms with Gasteiger partial charge in [-0.2, -0.15) is 0 Å². The molecule has 0 aliphatic carbocycles. The molecule has 3 atom stereocenters. The number of hydrogen-bond donors (Lipinski definition) is 1. The number of benzene rings is 3. The fourth-order valence-electron chi connectivity index (χ4n) is 5.97. The average molecular weight is 496 g/mol. The molecule has 0 saturated carbocycles. The van der Waals surface area contributed by atoms with E-state index in [1.54, 1.807) is 25.3 Å². The predicted octanol–water partition coefficient (Wildman–Crippen LogP) is 5.03. The second-order valence-electron chi connectivity index (χ2n) is 9.66. The number of H-pyrrole nitrogens is 1. The van der Waals surface area contributed by atoms with Crippen molar-refractivity contribution < 1.29 is 19.1 Å². The third kappa shape index (κ3) is 3.69. The van der Waals surface area contributed by atoms with Crippen molar-refractivity contribution in [1.29, 1.82) is 0 Å². The zero-order chi connectivity index (χ0) is 25.7. The van der Waals surface area contributed by atoms with Gasteiger partial charge in [-0.25, -0.2) is 4.90 Å². The van der Waals surface area contributed by atoms with E-state index in [0.717, 1.165) is 11.2 Å². The molecule has 1 N–H and O–H groups in total. The molecular weight excluding hydrogens is 466 g/mol. The van der Waals surface area contributed by atoms with Crippen molar-refractivity contribution >= 4 is 28.4 Å². The Morgan fingerprint density at radius 2 is 1.68 bits per heavy atom. The number of amides is 2. The smallest absolute Gasteiger partial charge is 0.251 e. The normalized spacial score (nSPS) is 21.9. The van der Waals surface area contributed by atoms with Crippen LogP contribution in [0.5, 0.6) is 11.5 Å². The van der Waals surface area contributed by atoms with Crippen molar-refractivity contribution in [2.75, 3.05) is 25.7 Å². The minimum Gasteiger partial charge on any atom is -0.497 e. The van der Waals surface area contributed by atoms with E-state index in [4.69, 9.17) is 9.47 Å². The van der Waals surface area contributed by atoms with Gasteiger partial charge in [0.2, 0.25) is 5.91 Å². The molecule has 1 aromatic heterocycles. The number of para-hydroxylation sites is 1. The van der Waals surface area contributed by atoms with Crippen LogP contribution in [0.2, 0.25) is 0 Å². The summed E-state index contributed by atoms with van der Waals surface area (Å²) >= 11 is 0. The van der Waals surface area contributed by atoms with Gasteiger partial charge in [-0.15, -0.1) is 0 Å². The van der Waals surface area contributed by atoms with Gasteiger partial charge in [-0.1, -0.05) is 48.5 Å². The van der Waals surface area contributed by atoms with Gasteiger partial charge in [0, 0.05) is 41.2 Å². The second kappa shape index (κ2) is 9.09. The Kier molecular flexibility index (Phi) is 5.72. The molecule has 37 heavy (non-hydrogen) atoms. The highest BCUT2D eigenvalue weighted by Gasteiger charge is 2.48. The summed E-state index contributed by atoms with van der Waals surface area (Å²) in [4.78, 5) is 34.3. The van der Waals surface area contributed by atoms with E-state index in [-0.39, 0.29) is 30.2 Å². The van der Waals surface area contributed by atoms with Crippen LogP contribution in [-0.2, 0) is 9.59 Å². The maximum atomic E-state index is 13.9. The summed E-state index contributed by atoms with van der Waals surface area (Å²) in [7, 11) is 3.08. The van der Waals surface area contributed by atoms with Gasteiger partial charge >= 0.3 is 0 Å². The summed E-state index contributed by atoms with van der Waals surface area (Å²) in [6.45, 7) is 2.74. The lowest BCUT2D eigenvalue weighted by molar-refractivity contribution is -0.123. The zero-order valence-electron chi connectivity index (χ0n) is 21.1. The highest BCUT2D eigenvalue weighted by atomic mass is 16.5. The number of carbonyl (C=O) groups is 2. The molecule has 3 unspecified atom stereocenters. The van der Waals surface area contributed by atoms with Gasteiger partial charge in [0.25, 0.3) is 5.91 Å². The molecule has 7 nitrogen and oxygen atoms in total. The molecule has 0 bridgehead atoms. The number of aromatic amines is 1. The Morgan fingerprint density at radius 1 is 0.919 bits per heavy atom. The van der Waals surface area contributed by atoms with Crippen LogP contribution in [0.25, 0.3) is 10.9 Å². The molecule has 2 aliphatic rings. The average Bonchev–Trinajstić information content (AvgIpc) is 3.46. The highest BCUT2D eigenvalue weighted by molar-refractivity contribution is 6.23. The quantitative estimate of drug-likeness (QED) is 0.393. The first-order valence-electron chi connectivity index (χ1n) is 12.5. The fourth-order valence-corrected chi connectivity index (χ4v) is 5.97. The van der Waals surface area contributed by atoms with Crippen LogP contribution in [0.1, 0.15) is 42.1 Å².